The Balaban J connectivity index is 1.35. The van der Waals surface area contributed by atoms with Crippen molar-refractivity contribution in [1.82, 2.24) is 9.62 Å². The maximum absolute atomic E-state index is 13.0. The molecule has 1 aromatic heterocycles. The second kappa shape index (κ2) is 10.8. The number of nitrogens with two attached hydrogens (primary N) is 1. The van der Waals surface area contributed by atoms with E-state index in [2.05, 4.69) is 4.72 Å². The van der Waals surface area contributed by atoms with Crippen molar-refractivity contribution in [2.45, 2.75) is 11.3 Å². The van der Waals surface area contributed by atoms with E-state index in [4.69, 9.17) is 16.7 Å². The van der Waals surface area contributed by atoms with Crippen LogP contribution in [0.25, 0.3) is 17.2 Å². The lowest BCUT2D eigenvalue weighted by Gasteiger charge is -2.17. The highest BCUT2D eigenvalue weighted by molar-refractivity contribution is 7.92. The smallest absolute Gasteiger partial charge is 0.253 e. The number of carbonyl (C=O) groups excluding carboxylic acids is 1. The minimum Gasteiger partial charge on any atom is -0.338 e. The molecule has 1 atom stereocenters. The summed E-state index contributed by atoms with van der Waals surface area (Å²) in [7, 11) is -7.51. The lowest BCUT2D eigenvalue weighted by molar-refractivity contribution is 0.0787. The Labute approximate surface area is 219 Å². The number of hydrogen-bond donors (Lipinski definition) is 2. The van der Waals surface area contributed by atoms with Gasteiger partial charge in [-0.05, 0) is 54.3 Å². The molecule has 0 aliphatic carbocycles. The molecule has 0 spiro atoms. The van der Waals surface area contributed by atoms with Crippen LogP contribution in [0.2, 0.25) is 4.34 Å². The summed E-state index contributed by atoms with van der Waals surface area (Å²) in [5.41, 5.74) is 1.55. The highest BCUT2D eigenvalue weighted by Crippen LogP contribution is 2.27. The molecule has 36 heavy (non-hydrogen) atoms. The Hall–Kier alpha value is -2.54. The van der Waals surface area contributed by atoms with Crippen LogP contribution in [0.4, 0.5) is 0 Å². The highest BCUT2D eigenvalue weighted by atomic mass is 35.5. The van der Waals surface area contributed by atoms with Crippen molar-refractivity contribution >= 4 is 55.0 Å². The number of nitrogens with zero attached hydrogens (tertiary/aromatic N) is 1. The molecule has 0 bridgehead atoms. The number of sulfonamides is 2. The van der Waals surface area contributed by atoms with Gasteiger partial charge in [0.05, 0.1) is 9.23 Å². The van der Waals surface area contributed by atoms with Gasteiger partial charge in [0.25, 0.3) is 5.91 Å². The van der Waals surface area contributed by atoms with Crippen LogP contribution in [0, 0.1) is 5.92 Å². The Bertz CT molecular complexity index is 1500. The molecule has 0 radical (unpaired) electrons. The molecule has 4 rings (SSSR count). The molecule has 1 aliphatic heterocycles. The molecule has 3 N–H and O–H groups in total. The summed E-state index contributed by atoms with van der Waals surface area (Å²) >= 11 is 7.14. The molecule has 190 valence electrons. The zero-order valence-electron chi connectivity index (χ0n) is 19.0. The molecule has 1 aliphatic rings. The van der Waals surface area contributed by atoms with Crippen molar-refractivity contribution in [1.29, 1.82) is 0 Å². The normalized spacial score (nSPS) is 16.6. The molecule has 1 unspecified atom stereocenters. The maximum Gasteiger partial charge on any atom is 0.253 e. The molecule has 0 saturated carbocycles. The van der Waals surface area contributed by atoms with Crippen LogP contribution < -0.4 is 9.86 Å². The number of benzene rings is 2. The fourth-order valence-electron chi connectivity index (χ4n) is 3.97. The van der Waals surface area contributed by atoms with Gasteiger partial charge in [0.1, 0.15) is 0 Å². The number of rotatable bonds is 8. The van der Waals surface area contributed by atoms with Gasteiger partial charge in [-0.2, -0.15) is 0 Å². The first kappa shape index (κ1) is 26.5. The highest BCUT2D eigenvalue weighted by Gasteiger charge is 2.27. The summed E-state index contributed by atoms with van der Waals surface area (Å²) in [6.07, 6.45) is 2.17. The number of primary sulfonamides is 1. The SMILES string of the molecule is NS(=O)(=O)c1ccccc1-c1ccc(C(=O)N2CCC(CNS(=O)(=O)C=Cc3ccc(Cl)s3)C2)cc1. The van der Waals surface area contributed by atoms with Crippen molar-refractivity contribution in [2.24, 2.45) is 11.1 Å². The fourth-order valence-corrected chi connectivity index (χ4v) is 6.67. The van der Waals surface area contributed by atoms with Crippen molar-refractivity contribution in [2.75, 3.05) is 19.6 Å². The third kappa shape index (κ3) is 6.61. The van der Waals surface area contributed by atoms with E-state index >= 15 is 0 Å². The first-order valence-corrected chi connectivity index (χ1v) is 15.3. The molecule has 2 heterocycles. The van der Waals surface area contributed by atoms with Crippen molar-refractivity contribution in [3.8, 4) is 11.1 Å². The van der Waals surface area contributed by atoms with Gasteiger partial charge in [-0.15, -0.1) is 11.3 Å². The van der Waals surface area contributed by atoms with E-state index in [1.54, 1.807) is 59.5 Å². The molecule has 1 saturated heterocycles. The maximum atomic E-state index is 13.0. The van der Waals surface area contributed by atoms with Crippen molar-refractivity contribution < 1.29 is 21.6 Å². The lowest BCUT2D eigenvalue weighted by Crippen LogP contribution is -2.32. The summed E-state index contributed by atoms with van der Waals surface area (Å²) < 4.78 is 51.5. The van der Waals surface area contributed by atoms with Gasteiger partial charge < -0.3 is 4.90 Å². The summed E-state index contributed by atoms with van der Waals surface area (Å²) in [6, 6.07) is 16.5. The standard InChI is InChI=1S/C24H24ClN3O5S3/c25-23-10-9-20(34-23)12-14-35(30,31)27-15-17-11-13-28(16-17)24(29)19-7-5-18(6-8-19)21-3-1-2-4-22(21)36(26,32)33/h1-10,12,14,17,27H,11,13,15-16H2,(H2,26,32,33). The minimum atomic E-state index is -3.89. The molecule has 12 heteroatoms. The fraction of sp³-hybridized carbons (Fsp3) is 0.208. The second-order valence-corrected chi connectivity index (χ2v) is 13.3. The van der Waals surface area contributed by atoms with Crippen LogP contribution in [0.5, 0.6) is 0 Å². The Morgan fingerprint density at radius 3 is 2.47 bits per heavy atom. The lowest BCUT2D eigenvalue weighted by atomic mass is 10.0. The first-order valence-electron chi connectivity index (χ1n) is 11.0. The number of carbonyl (C=O) groups is 1. The topological polar surface area (TPSA) is 127 Å². The predicted molar refractivity (Wildman–Crippen MR) is 143 cm³/mol. The molecule has 1 fully saturated rings. The number of hydrogen-bond acceptors (Lipinski definition) is 6. The number of halogens is 1. The third-order valence-corrected chi connectivity index (χ3v) is 9.02. The Morgan fingerprint density at radius 1 is 1.08 bits per heavy atom. The average Bonchev–Trinajstić information content (AvgIpc) is 3.50. The summed E-state index contributed by atoms with van der Waals surface area (Å²) in [6.45, 7) is 1.18. The number of nitrogens with one attached hydrogen (secondary N) is 1. The van der Waals surface area contributed by atoms with Crippen LogP contribution in [0.1, 0.15) is 21.7 Å². The molecular weight excluding hydrogens is 542 g/mol. The van der Waals surface area contributed by atoms with Crippen LogP contribution in [0.15, 0.2) is 71.0 Å². The molecule has 2 aromatic carbocycles. The zero-order chi connectivity index (χ0) is 25.9. The van der Waals surface area contributed by atoms with Crippen LogP contribution in [-0.2, 0) is 20.0 Å². The van der Waals surface area contributed by atoms with Gasteiger partial charge in [-0.3, -0.25) is 4.79 Å². The predicted octanol–water partition coefficient (Wildman–Crippen LogP) is 3.77. The van der Waals surface area contributed by atoms with Crippen molar-refractivity contribution in [3.63, 3.8) is 0 Å². The first-order chi connectivity index (χ1) is 17.0. The van der Waals surface area contributed by atoms with Crippen molar-refractivity contribution in [3.05, 3.63) is 80.8 Å². The quantitative estimate of drug-likeness (QED) is 0.430. The largest absolute Gasteiger partial charge is 0.338 e. The summed E-state index contributed by atoms with van der Waals surface area (Å²) in [5, 5.41) is 6.44. The van der Waals surface area contributed by atoms with Crippen LogP contribution in [0.3, 0.4) is 0 Å². The number of amides is 1. The Kier molecular flexibility index (Phi) is 7.98. The van der Waals surface area contributed by atoms with E-state index in [1.807, 2.05) is 0 Å². The zero-order valence-corrected chi connectivity index (χ0v) is 22.2. The minimum absolute atomic E-state index is 0.00535. The van der Waals surface area contributed by atoms with E-state index in [9.17, 15) is 21.6 Å². The molecule has 1 amide bonds. The van der Waals surface area contributed by atoms with Gasteiger partial charge in [0, 0.05) is 41.0 Å². The average molecular weight is 566 g/mol. The number of thiophene rings is 1. The van der Waals surface area contributed by atoms with Gasteiger partial charge in [0.2, 0.25) is 20.0 Å². The van der Waals surface area contributed by atoms with E-state index in [1.165, 1.54) is 23.5 Å². The van der Waals surface area contributed by atoms with E-state index in [0.717, 1.165) is 10.3 Å². The monoisotopic (exact) mass is 565 g/mol. The van der Waals surface area contributed by atoms with Gasteiger partial charge >= 0.3 is 0 Å². The van der Waals surface area contributed by atoms with Crippen LogP contribution in [-0.4, -0.2) is 47.3 Å². The third-order valence-electron chi connectivity index (χ3n) is 5.79. The molecular formula is C24H24ClN3O5S3. The van der Waals surface area contributed by atoms with E-state index < -0.39 is 20.0 Å². The van der Waals surface area contributed by atoms with E-state index in [0.29, 0.717) is 40.5 Å². The molecule has 3 aromatic rings. The van der Waals surface area contributed by atoms with E-state index in [-0.39, 0.29) is 23.3 Å². The van der Waals surface area contributed by atoms with Gasteiger partial charge in [-0.1, -0.05) is 41.9 Å². The second-order valence-electron chi connectivity index (χ2n) is 8.36. The van der Waals surface area contributed by atoms with Gasteiger partial charge in [-0.25, -0.2) is 26.7 Å². The summed E-state index contributed by atoms with van der Waals surface area (Å²) in [4.78, 5) is 15.4. The number of likely N-dealkylation sites (tertiary alicyclic amines) is 1. The molecule has 8 nitrogen and oxygen atoms in total. The van der Waals surface area contributed by atoms with Gasteiger partial charge in [0.15, 0.2) is 0 Å². The Morgan fingerprint density at radius 2 is 1.81 bits per heavy atom. The van der Waals surface area contributed by atoms with Crippen LogP contribution >= 0.6 is 22.9 Å². The summed E-state index contributed by atoms with van der Waals surface area (Å²) in [5.74, 6) is -0.171.